The van der Waals surface area contributed by atoms with E-state index >= 15 is 0 Å². The Labute approximate surface area is 90.2 Å². The fraction of sp³-hybridized carbons (Fsp3) is 0.444. The largest absolute Gasteiger partial charge is 0.495 e. The number of rotatable bonds is 3. The van der Waals surface area contributed by atoms with E-state index in [0.717, 1.165) is 12.3 Å². The molecule has 0 aliphatic heterocycles. The minimum Gasteiger partial charge on any atom is -0.495 e. The summed E-state index contributed by atoms with van der Waals surface area (Å²) in [5, 5.41) is 0. The lowest BCUT2D eigenvalue weighted by molar-refractivity contribution is -0.149. The molecule has 16 heavy (non-hydrogen) atoms. The predicted molar refractivity (Wildman–Crippen MR) is 50.3 cm³/mol. The molecule has 0 aromatic carbocycles. The molecule has 1 aromatic rings. The van der Waals surface area contributed by atoms with Crippen LogP contribution >= 0.6 is 0 Å². The van der Waals surface area contributed by atoms with E-state index in [1.807, 2.05) is 0 Å². The molecule has 0 radical (unpaired) electrons. The van der Waals surface area contributed by atoms with Crippen molar-refractivity contribution in [2.75, 3.05) is 14.2 Å². The minimum atomic E-state index is -4.54. The average molecular weight is 236 g/mol. The number of nitrogens with two attached hydrogens (primary N) is 1. The summed E-state index contributed by atoms with van der Waals surface area (Å²) in [6.07, 6.45) is -3.40. The summed E-state index contributed by atoms with van der Waals surface area (Å²) in [6, 6.07) is -1.02. The van der Waals surface area contributed by atoms with Crippen LogP contribution in [0.25, 0.3) is 0 Å². The number of methoxy groups -OCH3 is 2. The lowest BCUT2D eigenvalue weighted by Crippen LogP contribution is -2.29. The van der Waals surface area contributed by atoms with Crippen molar-refractivity contribution in [1.29, 1.82) is 0 Å². The van der Waals surface area contributed by atoms with Crippen LogP contribution in [0.2, 0.25) is 0 Å². The predicted octanol–water partition coefficient (Wildman–Crippen LogP) is 1.66. The first-order valence-electron chi connectivity index (χ1n) is 4.30. The second-order valence-corrected chi connectivity index (χ2v) is 2.99. The first-order chi connectivity index (χ1) is 7.40. The molecule has 4 nitrogen and oxygen atoms in total. The fourth-order valence-electron chi connectivity index (χ4n) is 1.14. The number of ether oxygens (including phenoxy) is 2. The highest BCUT2D eigenvalue weighted by Crippen LogP contribution is 2.36. The van der Waals surface area contributed by atoms with Gasteiger partial charge in [-0.1, -0.05) is 0 Å². The number of alkyl halides is 3. The zero-order valence-electron chi connectivity index (χ0n) is 8.71. The van der Waals surface area contributed by atoms with Crippen LogP contribution < -0.4 is 15.2 Å². The van der Waals surface area contributed by atoms with E-state index < -0.39 is 12.2 Å². The Morgan fingerprint density at radius 1 is 1.31 bits per heavy atom. The third-order valence-electron chi connectivity index (χ3n) is 1.99. The van der Waals surface area contributed by atoms with Crippen molar-refractivity contribution in [3.8, 4) is 11.6 Å². The lowest BCUT2D eigenvalue weighted by Gasteiger charge is -2.18. The molecule has 0 fully saturated rings. The number of halogens is 3. The highest BCUT2D eigenvalue weighted by Gasteiger charge is 2.39. The summed E-state index contributed by atoms with van der Waals surface area (Å²) >= 11 is 0. The summed E-state index contributed by atoms with van der Waals surface area (Å²) in [4.78, 5) is 3.72. The second-order valence-electron chi connectivity index (χ2n) is 2.99. The van der Waals surface area contributed by atoms with E-state index in [-0.39, 0.29) is 17.2 Å². The van der Waals surface area contributed by atoms with Crippen LogP contribution in [0.1, 0.15) is 11.6 Å². The molecule has 0 saturated heterocycles. The van der Waals surface area contributed by atoms with Gasteiger partial charge >= 0.3 is 6.18 Å². The lowest BCUT2D eigenvalue weighted by atomic mass is 10.1. The van der Waals surface area contributed by atoms with Crippen molar-refractivity contribution in [1.82, 2.24) is 4.98 Å². The van der Waals surface area contributed by atoms with Crippen LogP contribution in [0.5, 0.6) is 11.6 Å². The molecule has 90 valence electrons. The quantitative estimate of drug-likeness (QED) is 0.867. The maximum atomic E-state index is 12.4. The number of nitrogens with zero attached hydrogens (tertiary/aromatic N) is 1. The Hall–Kier alpha value is -1.50. The van der Waals surface area contributed by atoms with Gasteiger partial charge in [0.25, 0.3) is 0 Å². The molecule has 1 atom stereocenters. The standard InChI is InChI=1S/C9H11F3N2O2/c1-15-6-4-14-7(16-2)3-5(6)8(13)9(10,11)12/h3-4,8H,13H2,1-2H3. The summed E-state index contributed by atoms with van der Waals surface area (Å²) in [6.45, 7) is 0. The third kappa shape index (κ3) is 2.54. The van der Waals surface area contributed by atoms with Crippen molar-refractivity contribution in [3.05, 3.63) is 17.8 Å². The molecule has 0 saturated carbocycles. The zero-order chi connectivity index (χ0) is 12.3. The molecule has 1 aromatic heterocycles. The van der Waals surface area contributed by atoms with Crippen LogP contribution in [0, 0.1) is 0 Å². The van der Waals surface area contributed by atoms with Gasteiger partial charge in [0.1, 0.15) is 11.8 Å². The van der Waals surface area contributed by atoms with E-state index in [4.69, 9.17) is 15.2 Å². The molecule has 0 aliphatic rings. The molecule has 0 amide bonds. The van der Waals surface area contributed by atoms with E-state index in [1.165, 1.54) is 14.2 Å². The molecular formula is C9H11F3N2O2. The number of pyridine rings is 1. The van der Waals surface area contributed by atoms with Gasteiger partial charge in [0, 0.05) is 11.6 Å². The molecule has 1 rings (SSSR count). The minimum absolute atomic E-state index is 0.0226. The smallest absolute Gasteiger partial charge is 0.407 e. The molecular weight excluding hydrogens is 225 g/mol. The molecule has 1 unspecified atom stereocenters. The normalized spacial score (nSPS) is 13.4. The molecule has 7 heteroatoms. The van der Waals surface area contributed by atoms with Crippen LogP contribution in [-0.4, -0.2) is 25.4 Å². The number of aromatic nitrogens is 1. The summed E-state index contributed by atoms with van der Waals surface area (Å²) < 4.78 is 46.8. The summed E-state index contributed by atoms with van der Waals surface area (Å²) in [7, 11) is 2.55. The Morgan fingerprint density at radius 3 is 2.38 bits per heavy atom. The van der Waals surface area contributed by atoms with E-state index in [9.17, 15) is 13.2 Å². The van der Waals surface area contributed by atoms with Gasteiger partial charge in [-0.3, -0.25) is 0 Å². The highest BCUT2D eigenvalue weighted by molar-refractivity contribution is 5.37. The first-order valence-corrected chi connectivity index (χ1v) is 4.30. The monoisotopic (exact) mass is 236 g/mol. The van der Waals surface area contributed by atoms with Crippen LogP contribution in [0.4, 0.5) is 13.2 Å². The van der Waals surface area contributed by atoms with Crippen molar-refractivity contribution >= 4 is 0 Å². The van der Waals surface area contributed by atoms with Crippen LogP contribution in [0.15, 0.2) is 12.3 Å². The SMILES string of the molecule is COc1cc(C(N)C(F)(F)F)c(OC)cn1. The van der Waals surface area contributed by atoms with Crippen LogP contribution in [-0.2, 0) is 0 Å². The van der Waals surface area contributed by atoms with Crippen molar-refractivity contribution in [2.45, 2.75) is 12.2 Å². The third-order valence-corrected chi connectivity index (χ3v) is 1.99. The Morgan fingerprint density at radius 2 is 1.94 bits per heavy atom. The molecule has 0 bridgehead atoms. The fourth-order valence-corrected chi connectivity index (χ4v) is 1.14. The van der Waals surface area contributed by atoms with Crippen molar-refractivity contribution < 1.29 is 22.6 Å². The Kier molecular flexibility index (Phi) is 3.58. The molecule has 2 N–H and O–H groups in total. The highest BCUT2D eigenvalue weighted by atomic mass is 19.4. The first kappa shape index (κ1) is 12.6. The van der Waals surface area contributed by atoms with Gasteiger partial charge in [0.05, 0.1) is 20.4 Å². The van der Waals surface area contributed by atoms with Gasteiger partial charge in [0.15, 0.2) is 0 Å². The van der Waals surface area contributed by atoms with Crippen LogP contribution in [0.3, 0.4) is 0 Å². The van der Waals surface area contributed by atoms with Gasteiger partial charge in [-0.25, -0.2) is 4.98 Å². The van der Waals surface area contributed by atoms with E-state index in [2.05, 4.69) is 4.98 Å². The van der Waals surface area contributed by atoms with Gasteiger partial charge in [-0.15, -0.1) is 0 Å². The van der Waals surface area contributed by atoms with E-state index in [1.54, 1.807) is 0 Å². The maximum absolute atomic E-state index is 12.4. The molecule has 1 heterocycles. The maximum Gasteiger partial charge on any atom is 0.407 e. The zero-order valence-corrected chi connectivity index (χ0v) is 8.71. The van der Waals surface area contributed by atoms with Gasteiger partial charge in [0.2, 0.25) is 5.88 Å². The van der Waals surface area contributed by atoms with Crippen molar-refractivity contribution in [2.24, 2.45) is 5.73 Å². The second kappa shape index (κ2) is 4.56. The van der Waals surface area contributed by atoms with Crippen molar-refractivity contribution in [3.63, 3.8) is 0 Å². The Balaban J connectivity index is 3.18. The summed E-state index contributed by atoms with van der Waals surface area (Å²) in [5.41, 5.74) is 4.88. The summed E-state index contributed by atoms with van der Waals surface area (Å²) in [5.74, 6) is 0.0288. The Bertz CT molecular complexity index is 368. The van der Waals surface area contributed by atoms with E-state index in [0.29, 0.717) is 0 Å². The number of hydrogen-bond acceptors (Lipinski definition) is 4. The van der Waals surface area contributed by atoms with Gasteiger partial charge in [-0.05, 0) is 0 Å². The topological polar surface area (TPSA) is 57.4 Å². The molecule has 0 aliphatic carbocycles. The van der Waals surface area contributed by atoms with Gasteiger partial charge < -0.3 is 15.2 Å². The average Bonchev–Trinajstić information content (AvgIpc) is 2.25. The molecule has 0 spiro atoms. The number of hydrogen-bond donors (Lipinski definition) is 1. The van der Waals surface area contributed by atoms with Gasteiger partial charge in [-0.2, -0.15) is 13.2 Å².